The summed E-state index contributed by atoms with van der Waals surface area (Å²) in [4.78, 5) is 11.7. The monoisotopic (exact) mass is 291 g/mol. The highest BCUT2D eigenvalue weighted by Gasteiger charge is 2.15. The van der Waals surface area contributed by atoms with E-state index < -0.39 is 11.7 Å². The molecule has 0 bridgehead atoms. The fourth-order valence-corrected chi connectivity index (χ4v) is 2.18. The zero-order chi connectivity index (χ0) is 13.7. The number of carbonyl (C=O) groups is 1. The van der Waals surface area contributed by atoms with E-state index in [1.807, 2.05) is 13.8 Å². The molecule has 0 aliphatic rings. The number of alkyl halides is 1. The molecule has 1 rings (SSSR count). The predicted octanol–water partition coefficient (Wildman–Crippen LogP) is 3.86. The first-order chi connectivity index (χ1) is 8.41. The Labute approximate surface area is 116 Å². The zero-order valence-electron chi connectivity index (χ0n) is 10.3. The summed E-state index contributed by atoms with van der Waals surface area (Å²) in [6, 6.07) is 4.33. The van der Waals surface area contributed by atoms with Gasteiger partial charge in [0.05, 0.1) is 16.0 Å². The molecule has 0 aliphatic heterocycles. The van der Waals surface area contributed by atoms with E-state index in [0.717, 1.165) is 6.42 Å². The SMILES string of the molecule is CC(C)CC(Cl)CNC(=O)c1cccc(Cl)c1F. The van der Waals surface area contributed by atoms with Crippen molar-refractivity contribution in [3.8, 4) is 0 Å². The van der Waals surface area contributed by atoms with Crippen molar-refractivity contribution in [2.24, 2.45) is 5.92 Å². The Hall–Kier alpha value is -0.800. The van der Waals surface area contributed by atoms with Gasteiger partial charge in [0.15, 0.2) is 5.82 Å². The molecule has 1 amide bonds. The van der Waals surface area contributed by atoms with Gasteiger partial charge in [0.2, 0.25) is 0 Å². The van der Waals surface area contributed by atoms with Gasteiger partial charge in [0, 0.05) is 6.54 Å². The third-order valence-corrected chi connectivity index (χ3v) is 3.03. The Balaban J connectivity index is 2.58. The highest BCUT2D eigenvalue weighted by molar-refractivity contribution is 6.31. The number of hydrogen-bond acceptors (Lipinski definition) is 1. The van der Waals surface area contributed by atoms with Crippen molar-refractivity contribution >= 4 is 29.1 Å². The molecule has 0 heterocycles. The van der Waals surface area contributed by atoms with Gasteiger partial charge < -0.3 is 5.32 Å². The van der Waals surface area contributed by atoms with Crippen LogP contribution in [0, 0.1) is 11.7 Å². The fraction of sp³-hybridized carbons (Fsp3) is 0.462. The zero-order valence-corrected chi connectivity index (χ0v) is 11.9. The maximum atomic E-state index is 13.6. The first-order valence-corrected chi connectivity index (χ1v) is 6.59. The first kappa shape index (κ1) is 15.3. The van der Waals surface area contributed by atoms with Gasteiger partial charge in [-0.25, -0.2) is 4.39 Å². The molecule has 100 valence electrons. The number of amides is 1. The van der Waals surface area contributed by atoms with Gasteiger partial charge in [-0.05, 0) is 24.5 Å². The maximum absolute atomic E-state index is 13.6. The number of halogens is 3. The summed E-state index contributed by atoms with van der Waals surface area (Å²) >= 11 is 11.7. The van der Waals surface area contributed by atoms with Gasteiger partial charge in [0.25, 0.3) is 5.91 Å². The van der Waals surface area contributed by atoms with E-state index in [9.17, 15) is 9.18 Å². The summed E-state index contributed by atoms with van der Waals surface area (Å²) in [5, 5.41) is 2.38. The van der Waals surface area contributed by atoms with Crippen LogP contribution >= 0.6 is 23.2 Å². The lowest BCUT2D eigenvalue weighted by atomic mass is 10.1. The molecule has 18 heavy (non-hydrogen) atoms. The first-order valence-electron chi connectivity index (χ1n) is 5.78. The van der Waals surface area contributed by atoms with E-state index in [2.05, 4.69) is 5.32 Å². The topological polar surface area (TPSA) is 29.1 Å². The van der Waals surface area contributed by atoms with Crippen LogP contribution in [0.4, 0.5) is 4.39 Å². The van der Waals surface area contributed by atoms with E-state index in [4.69, 9.17) is 23.2 Å². The Morgan fingerprint density at radius 2 is 2.11 bits per heavy atom. The van der Waals surface area contributed by atoms with Crippen molar-refractivity contribution in [2.75, 3.05) is 6.54 Å². The summed E-state index contributed by atoms with van der Waals surface area (Å²) in [5.74, 6) is -0.747. The van der Waals surface area contributed by atoms with Gasteiger partial charge >= 0.3 is 0 Å². The van der Waals surface area contributed by atoms with Crippen LogP contribution < -0.4 is 5.32 Å². The van der Waals surface area contributed by atoms with Crippen LogP contribution in [-0.2, 0) is 0 Å². The highest BCUT2D eigenvalue weighted by atomic mass is 35.5. The van der Waals surface area contributed by atoms with Crippen molar-refractivity contribution in [3.63, 3.8) is 0 Å². The molecular formula is C13H16Cl2FNO. The van der Waals surface area contributed by atoms with E-state index >= 15 is 0 Å². The largest absolute Gasteiger partial charge is 0.350 e. The Bertz CT molecular complexity index is 423. The summed E-state index contributed by atoms with van der Waals surface area (Å²) in [5.41, 5.74) is -0.0593. The third kappa shape index (κ3) is 4.46. The lowest BCUT2D eigenvalue weighted by Crippen LogP contribution is -2.31. The number of carbonyl (C=O) groups excluding carboxylic acids is 1. The van der Waals surface area contributed by atoms with Crippen LogP contribution in [0.3, 0.4) is 0 Å². The van der Waals surface area contributed by atoms with E-state index in [1.165, 1.54) is 18.2 Å². The average Bonchev–Trinajstić information content (AvgIpc) is 2.29. The molecular weight excluding hydrogens is 276 g/mol. The molecule has 5 heteroatoms. The number of nitrogens with one attached hydrogen (secondary N) is 1. The smallest absolute Gasteiger partial charge is 0.254 e. The van der Waals surface area contributed by atoms with E-state index in [-0.39, 0.29) is 16.0 Å². The molecule has 0 fully saturated rings. The predicted molar refractivity (Wildman–Crippen MR) is 72.8 cm³/mol. The van der Waals surface area contributed by atoms with Gasteiger partial charge in [-0.1, -0.05) is 31.5 Å². The molecule has 2 nitrogen and oxygen atoms in total. The average molecular weight is 292 g/mol. The Morgan fingerprint density at radius 3 is 2.72 bits per heavy atom. The van der Waals surface area contributed by atoms with Crippen LogP contribution in [-0.4, -0.2) is 17.8 Å². The van der Waals surface area contributed by atoms with E-state index in [1.54, 1.807) is 0 Å². The van der Waals surface area contributed by atoms with Crippen LogP contribution in [0.25, 0.3) is 0 Å². The molecule has 1 aromatic rings. The molecule has 0 spiro atoms. The second-order valence-electron chi connectivity index (χ2n) is 4.54. The number of hydrogen-bond donors (Lipinski definition) is 1. The molecule has 0 aliphatic carbocycles. The van der Waals surface area contributed by atoms with Gasteiger partial charge in [-0.15, -0.1) is 11.6 Å². The molecule has 1 atom stereocenters. The Kier molecular flexibility index (Phi) is 5.89. The lowest BCUT2D eigenvalue weighted by molar-refractivity contribution is 0.0949. The normalized spacial score (nSPS) is 12.6. The molecule has 0 saturated heterocycles. The molecule has 0 radical (unpaired) electrons. The van der Waals surface area contributed by atoms with Gasteiger partial charge in [0.1, 0.15) is 0 Å². The fourth-order valence-electron chi connectivity index (χ4n) is 1.57. The van der Waals surface area contributed by atoms with Gasteiger partial charge in [-0.2, -0.15) is 0 Å². The number of rotatable bonds is 5. The quantitative estimate of drug-likeness (QED) is 0.820. The molecule has 1 aromatic carbocycles. The van der Waals surface area contributed by atoms with Crippen LogP contribution in [0.2, 0.25) is 5.02 Å². The number of benzene rings is 1. The van der Waals surface area contributed by atoms with E-state index in [0.29, 0.717) is 12.5 Å². The van der Waals surface area contributed by atoms with Crippen molar-refractivity contribution in [2.45, 2.75) is 25.6 Å². The highest BCUT2D eigenvalue weighted by Crippen LogP contribution is 2.18. The van der Waals surface area contributed by atoms with Gasteiger partial charge in [-0.3, -0.25) is 4.79 Å². The summed E-state index contributed by atoms with van der Waals surface area (Å²) in [7, 11) is 0. The standard InChI is InChI=1S/C13H16Cl2FNO/c1-8(2)6-9(14)7-17-13(18)10-4-3-5-11(15)12(10)16/h3-5,8-9H,6-7H2,1-2H3,(H,17,18). The van der Waals surface area contributed by atoms with Crippen LogP contribution in [0.1, 0.15) is 30.6 Å². The van der Waals surface area contributed by atoms with Crippen molar-refractivity contribution in [3.05, 3.63) is 34.6 Å². The minimum absolute atomic E-state index is 0.0593. The van der Waals surface area contributed by atoms with Crippen molar-refractivity contribution in [1.29, 1.82) is 0 Å². The van der Waals surface area contributed by atoms with Crippen LogP contribution in [0.5, 0.6) is 0 Å². The van der Waals surface area contributed by atoms with Crippen LogP contribution in [0.15, 0.2) is 18.2 Å². The summed E-state index contributed by atoms with van der Waals surface area (Å²) in [6.45, 7) is 4.41. The second-order valence-corrected chi connectivity index (χ2v) is 5.56. The minimum Gasteiger partial charge on any atom is -0.350 e. The molecule has 1 N–H and O–H groups in total. The Morgan fingerprint density at radius 1 is 1.44 bits per heavy atom. The van der Waals surface area contributed by atoms with Crippen molar-refractivity contribution in [1.82, 2.24) is 5.32 Å². The molecule has 0 aromatic heterocycles. The third-order valence-electron chi connectivity index (χ3n) is 2.41. The minimum atomic E-state index is -0.702. The molecule has 0 saturated carbocycles. The van der Waals surface area contributed by atoms with Crippen molar-refractivity contribution < 1.29 is 9.18 Å². The maximum Gasteiger partial charge on any atom is 0.254 e. The summed E-state index contributed by atoms with van der Waals surface area (Å²) in [6.07, 6.45) is 0.792. The molecule has 1 unspecified atom stereocenters. The lowest BCUT2D eigenvalue weighted by Gasteiger charge is -2.13. The summed E-state index contributed by atoms with van der Waals surface area (Å²) < 4.78 is 13.6. The second kappa shape index (κ2) is 6.95.